The van der Waals surface area contributed by atoms with Crippen molar-refractivity contribution < 1.29 is 13.9 Å². The molecule has 1 N–H and O–H groups in total. The van der Waals surface area contributed by atoms with Crippen molar-refractivity contribution >= 4 is 17.7 Å². The van der Waals surface area contributed by atoms with Crippen LogP contribution in [0.1, 0.15) is 21.7 Å². The molecule has 0 aliphatic carbocycles. The van der Waals surface area contributed by atoms with E-state index in [0.717, 1.165) is 16.9 Å². The van der Waals surface area contributed by atoms with E-state index in [9.17, 15) is 9.18 Å². The lowest BCUT2D eigenvalue weighted by molar-refractivity contribution is 0.0683. The van der Waals surface area contributed by atoms with E-state index in [1.54, 1.807) is 34.1 Å². The molecule has 10 nitrogen and oxygen atoms in total. The smallest absolute Gasteiger partial charge is 0.290 e. The predicted molar refractivity (Wildman–Crippen MR) is 122 cm³/mol. The van der Waals surface area contributed by atoms with Crippen molar-refractivity contribution in [2.24, 2.45) is 7.05 Å². The van der Waals surface area contributed by atoms with E-state index in [1.165, 1.54) is 13.2 Å². The molecule has 1 aromatic carbocycles. The molecule has 174 valence electrons. The number of hydrogen-bond acceptors (Lipinski definition) is 7. The molecule has 4 aromatic rings. The van der Waals surface area contributed by atoms with Crippen LogP contribution in [0.25, 0.3) is 11.4 Å². The largest absolute Gasteiger partial charge is 0.494 e. The van der Waals surface area contributed by atoms with E-state index >= 15 is 0 Å². The fourth-order valence-corrected chi connectivity index (χ4v) is 3.89. The number of rotatable bonds is 6. The Morgan fingerprint density at radius 1 is 1.21 bits per heavy atom. The van der Waals surface area contributed by atoms with Crippen molar-refractivity contribution in [1.82, 2.24) is 34.2 Å². The van der Waals surface area contributed by atoms with Crippen molar-refractivity contribution in [3.8, 4) is 17.1 Å². The van der Waals surface area contributed by atoms with Gasteiger partial charge >= 0.3 is 0 Å². The number of fused-ring (bicyclic) bond motifs is 1. The molecule has 5 rings (SSSR count). The van der Waals surface area contributed by atoms with Gasteiger partial charge in [0.1, 0.15) is 11.5 Å². The van der Waals surface area contributed by atoms with Crippen LogP contribution >= 0.6 is 0 Å². The molecule has 0 fully saturated rings. The molecule has 4 heterocycles. The zero-order valence-corrected chi connectivity index (χ0v) is 19.0. The molecule has 0 unspecified atom stereocenters. The molecule has 11 heteroatoms. The predicted octanol–water partition coefficient (Wildman–Crippen LogP) is 2.93. The Morgan fingerprint density at radius 3 is 2.82 bits per heavy atom. The number of methoxy groups -OCH3 is 1. The summed E-state index contributed by atoms with van der Waals surface area (Å²) in [5.74, 6) is 1.03. The Hall–Kier alpha value is -4.28. The Bertz CT molecular complexity index is 1380. The van der Waals surface area contributed by atoms with Gasteiger partial charge in [-0.15, -0.1) is 0 Å². The third-order valence-corrected chi connectivity index (χ3v) is 5.73. The van der Waals surface area contributed by atoms with Crippen LogP contribution in [0.5, 0.6) is 5.75 Å². The second-order valence-electron chi connectivity index (χ2n) is 8.03. The zero-order valence-electron chi connectivity index (χ0n) is 19.0. The minimum atomic E-state index is -0.436. The van der Waals surface area contributed by atoms with Gasteiger partial charge in [0, 0.05) is 45.1 Å². The van der Waals surface area contributed by atoms with Crippen LogP contribution in [0.3, 0.4) is 0 Å². The SMILES string of the molecule is COc1cc(CN2CCn3cc(-c4nc(Nc5ccnn5C)ncc4C)nc3C2=O)ccc1F. The van der Waals surface area contributed by atoms with E-state index < -0.39 is 5.82 Å². The quantitative estimate of drug-likeness (QED) is 0.470. The van der Waals surface area contributed by atoms with Gasteiger partial charge in [-0.3, -0.25) is 9.48 Å². The number of carbonyl (C=O) groups is 1. The Morgan fingerprint density at radius 2 is 2.06 bits per heavy atom. The van der Waals surface area contributed by atoms with Crippen LogP contribution in [-0.2, 0) is 20.1 Å². The van der Waals surface area contributed by atoms with Gasteiger partial charge in [-0.05, 0) is 30.2 Å². The molecular formula is C23H23FN8O2. The maximum Gasteiger partial charge on any atom is 0.290 e. The summed E-state index contributed by atoms with van der Waals surface area (Å²) in [5, 5.41) is 7.27. The monoisotopic (exact) mass is 462 g/mol. The first-order valence-electron chi connectivity index (χ1n) is 10.7. The van der Waals surface area contributed by atoms with Gasteiger partial charge in [-0.1, -0.05) is 6.07 Å². The van der Waals surface area contributed by atoms with Gasteiger partial charge in [0.25, 0.3) is 5.91 Å². The number of amides is 1. The second-order valence-corrected chi connectivity index (χ2v) is 8.03. The van der Waals surface area contributed by atoms with Crippen molar-refractivity contribution in [2.75, 3.05) is 19.0 Å². The van der Waals surface area contributed by atoms with E-state index in [0.29, 0.717) is 42.8 Å². The standard InChI is InChI=1S/C23H23FN8O2/c1-14-11-25-23(28-19-6-7-26-30(19)2)29-20(14)17-13-31-8-9-32(22(33)21(31)27-17)12-15-4-5-16(24)18(10-15)34-3/h4-7,10-11,13H,8-9,12H2,1-3H3,(H,25,28,29). The lowest BCUT2D eigenvalue weighted by Gasteiger charge is -2.27. The zero-order chi connectivity index (χ0) is 23.8. The number of halogens is 1. The summed E-state index contributed by atoms with van der Waals surface area (Å²) in [4.78, 5) is 28.4. The number of carbonyl (C=O) groups excluding carboxylic acids is 1. The average Bonchev–Trinajstić information content (AvgIpc) is 3.44. The number of hydrogen-bond donors (Lipinski definition) is 1. The average molecular weight is 462 g/mol. The molecule has 0 bridgehead atoms. The molecule has 1 aliphatic heterocycles. The van der Waals surface area contributed by atoms with Crippen LogP contribution in [-0.4, -0.2) is 53.8 Å². The van der Waals surface area contributed by atoms with Crippen LogP contribution in [0, 0.1) is 12.7 Å². The fourth-order valence-electron chi connectivity index (χ4n) is 3.89. The van der Waals surface area contributed by atoms with Gasteiger partial charge in [-0.2, -0.15) is 5.10 Å². The third-order valence-electron chi connectivity index (χ3n) is 5.73. The Balaban J connectivity index is 1.39. The number of imidazole rings is 1. The van der Waals surface area contributed by atoms with Gasteiger partial charge in [-0.25, -0.2) is 19.3 Å². The first-order chi connectivity index (χ1) is 16.4. The number of aryl methyl sites for hydroxylation is 2. The number of ether oxygens (including phenoxy) is 1. The maximum atomic E-state index is 13.7. The number of nitrogens with one attached hydrogen (secondary N) is 1. The highest BCUT2D eigenvalue weighted by Crippen LogP contribution is 2.26. The number of aromatic nitrogens is 6. The molecule has 0 atom stereocenters. The summed E-state index contributed by atoms with van der Waals surface area (Å²) < 4.78 is 22.3. The molecule has 0 saturated carbocycles. The van der Waals surface area contributed by atoms with Gasteiger partial charge in [0.15, 0.2) is 17.4 Å². The van der Waals surface area contributed by atoms with Crippen LogP contribution < -0.4 is 10.1 Å². The van der Waals surface area contributed by atoms with Crippen molar-refractivity contribution in [3.05, 3.63) is 65.6 Å². The van der Waals surface area contributed by atoms with Gasteiger partial charge < -0.3 is 19.5 Å². The third kappa shape index (κ3) is 3.96. The first kappa shape index (κ1) is 21.6. The molecule has 34 heavy (non-hydrogen) atoms. The van der Waals surface area contributed by atoms with Gasteiger partial charge in [0.2, 0.25) is 5.95 Å². The molecule has 1 amide bonds. The highest BCUT2D eigenvalue weighted by molar-refractivity contribution is 5.92. The first-order valence-corrected chi connectivity index (χ1v) is 10.7. The molecule has 0 radical (unpaired) electrons. The summed E-state index contributed by atoms with van der Waals surface area (Å²) >= 11 is 0. The Kier molecular flexibility index (Phi) is 5.44. The van der Waals surface area contributed by atoms with Crippen LogP contribution in [0.15, 0.2) is 42.9 Å². The second kappa shape index (κ2) is 8.58. The van der Waals surface area contributed by atoms with Crippen molar-refractivity contribution in [1.29, 1.82) is 0 Å². The minimum Gasteiger partial charge on any atom is -0.494 e. The topological polar surface area (TPSA) is 103 Å². The highest BCUT2D eigenvalue weighted by atomic mass is 19.1. The summed E-state index contributed by atoms with van der Waals surface area (Å²) in [6, 6.07) is 6.42. The van der Waals surface area contributed by atoms with Crippen molar-refractivity contribution in [2.45, 2.75) is 20.0 Å². The summed E-state index contributed by atoms with van der Waals surface area (Å²) in [7, 11) is 3.24. The molecule has 3 aromatic heterocycles. The number of nitrogens with zero attached hydrogens (tertiary/aromatic N) is 7. The highest BCUT2D eigenvalue weighted by Gasteiger charge is 2.28. The summed E-state index contributed by atoms with van der Waals surface area (Å²) in [5.41, 5.74) is 2.86. The fraction of sp³-hybridized carbons (Fsp3) is 0.261. The van der Waals surface area contributed by atoms with Crippen LogP contribution in [0.4, 0.5) is 16.2 Å². The maximum absolute atomic E-state index is 13.7. The summed E-state index contributed by atoms with van der Waals surface area (Å²) in [6.07, 6.45) is 5.24. The summed E-state index contributed by atoms with van der Waals surface area (Å²) in [6.45, 7) is 3.34. The number of benzene rings is 1. The molecular weight excluding hydrogens is 439 g/mol. The van der Waals surface area contributed by atoms with Crippen LogP contribution in [0.2, 0.25) is 0 Å². The lowest BCUT2D eigenvalue weighted by Crippen LogP contribution is -2.39. The van der Waals surface area contributed by atoms with Crippen molar-refractivity contribution in [3.63, 3.8) is 0 Å². The number of anilines is 2. The van der Waals surface area contributed by atoms with E-state index in [-0.39, 0.29) is 11.7 Å². The molecule has 0 saturated heterocycles. The van der Waals surface area contributed by atoms with E-state index in [1.807, 2.05) is 30.8 Å². The Labute approximate surface area is 195 Å². The normalized spacial score (nSPS) is 13.2. The van der Waals surface area contributed by atoms with E-state index in [2.05, 4.69) is 25.4 Å². The molecule has 1 aliphatic rings. The van der Waals surface area contributed by atoms with Gasteiger partial charge in [0.05, 0.1) is 19.0 Å². The van der Waals surface area contributed by atoms with E-state index in [4.69, 9.17) is 4.74 Å². The lowest BCUT2D eigenvalue weighted by atomic mass is 10.2. The molecule has 0 spiro atoms. The minimum absolute atomic E-state index is 0.153.